The van der Waals surface area contributed by atoms with Gasteiger partial charge >= 0.3 is 0 Å². The lowest BCUT2D eigenvalue weighted by atomic mass is 10.1. The summed E-state index contributed by atoms with van der Waals surface area (Å²) in [5.41, 5.74) is 1.64. The Kier molecular flexibility index (Phi) is 3.73. The molecule has 4 rings (SSSR count). The molecule has 0 aliphatic rings. The first kappa shape index (κ1) is 16.3. The van der Waals surface area contributed by atoms with Crippen molar-refractivity contribution in [3.8, 4) is 22.8 Å². The minimum absolute atomic E-state index is 0.305. The smallest absolute Gasteiger partial charge is 0.234 e. The third-order valence-electron chi connectivity index (χ3n) is 4.03. The third kappa shape index (κ3) is 2.93. The molecular weight excluding hydrogens is 333 g/mol. The molecule has 3 aromatic heterocycles. The molecular formula is C19H16FN5O. The predicted octanol–water partition coefficient (Wildman–Crippen LogP) is 3.22. The predicted molar refractivity (Wildman–Crippen MR) is 94.7 cm³/mol. The quantitative estimate of drug-likeness (QED) is 0.614. The highest BCUT2D eigenvalue weighted by Gasteiger charge is 2.19. The number of aromatic nitrogens is 5. The number of imidazole rings is 1. The highest BCUT2D eigenvalue weighted by Crippen LogP contribution is 2.23. The Morgan fingerprint density at radius 3 is 2.50 bits per heavy atom. The van der Waals surface area contributed by atoms with Gasteiger partial charge in [0.05, 0.1) is 23.3 Å². The molecule has 26 heavy (non-hydrogen) atoms. The highest BCUT2D eigenvalue weighted by molar-refractivity contribution is 5.62. The number of rotatable bonds is 3. The van der Waals surface area contributed by atoms with Gasteiger partial charge in [-0.15, -0.1) is 0 Å². The number of hydrogen-bond donors (Lipinski definition) is 1. The molecule has 0 saturated carbocycles. The number of hydrogen-bond acceptors (Lipinski definition) is 5. The van der Waals surface area contributed by atoms with Crippen LogP contribution in [-0.4, -0.2) is 29.4 Å². The second kappa shape index (κ2) is 5.96. The number of benzene rings is 1. The third-order valence-corrected chi connectivity index (χ3v) is 4.03. The van der Waals surface area contributed by atoms with Gasteiger partial charge < -0.3 is 5.11 Å². The van der Waals surface area contributed by atoms with E-state index in [-0.39, 0.29) is 5.82 Å². The first-order valence-electron chi connectivity index (χ1n) is 8.08. The van der Waals surface area contributed by atoms with Crippen LogP contribution in [-0.2, 0) is 5.60 Å². The van der Waals surface area contributed by atoms with Gasteiger partial charge in [-0.2, -0.15) is 0 Å². The topological polar surface area (TPSA) is 76.2 Å². The maximum atomic E-state index is 13.1. The fourth-order valence-electron chi connectivity index (χ4n) is 2.64. The van der Waals surface area contributed by atoms with Crippen LogP contribution in [0.2, 0.25) is 0 Å². The van der Waals surface area contributed by atoms with Crippen LogP contribution in [0.15, 0.2) is 55.0 Å². The number of nitrogens with zero attached hydrogens (tertiary/aromatic N) is 5. The van der Waals surface area contributed by atoms with E-state index in [0.717, 1.165) is 11.3 Å². The second-order valence-electron chi connectivity index (χ2n) is 6.46. The van der Waals surface area contributed by atoms with Gasteiger partial charge in [-0.05, 0) is 50.2 Å². The SMILES string of the molecule is CC(C)(O)c1ccn2c(-c3ccnc(-c4ccc(F)cc4)n3)cnc2n1. The molecule has 0 radical (unpaired) electrons. The van der Waals surface area contributed by atoms with E-state index in [0.29, 0.717) is 23.0 Å². The van der Waals surface area contributed by atoms with Crippen molar-refractivity contribution in [2.24, 2.45) is 0 Å². The fourth-order valence-corrected chi connectivity index (χ4v) is 2.64. The summed E-state index contributed by atoms with van der Waals surface area (Å²) in [6, 6.07) is 9.56. The van der Waals surface area contributed by atoms with Crippen molar-refractivity contribution in [2.75, 3.05) is 0 Å². The van der Waals surface area contributed by atoms with Crippen LogP contribution in [0.3, 0.4) is 0 Å². The molecule has 0 amide bonds. The molecule has 4 aromatic rings. The van der Waals surface area contributed by atoms with Crippen molar-refractivity contribution in [1.29, 1.82) is 0 Å². The molecule has 0 atom stereocenters. The summed E-state index contributed by atoms with van der Waals surface area (Å²) < 4.78 is 14.9. The van der Waals surface area contributed by atoms with E-state index in [1.807, 2.05) is 0 Å². The van der Waals surface area contributed by atoms with Crippen LogP contribution in [0.5, 0.6) is 0 Å². The summed E-state index contributed by atoms with van der Waals surface area (Å²) in [6.45, 7) is 3.35. The molecule has 0 aliphatic carbocycles. The van der Waals surface area contributed by atoms with E-state index >= 15 is 0 Å². The van der Waals surface area contributed by atoms with Gasteiger partial charge in [-0.1, -0.05) is 0 Å². The molecule has 0 unspecified atom stereocenters. The lowest BCUT2D eigenvalue weighted by molar-refractivity contribution is 0.0739. The van der Waals surface area contributed by atoms with E-state index in [4.69, 9.17) is 0 Å². The van der Waals surface area contributed by atoms with Crippen LogP contribution >= 0.6 is 0 Å². The Morgan fingerprint density at radius 2 is 1.77 bits per heavy atom. The van der Waals surface area contributed by atoms with E-state index in [1.165, 1.54) is 12.1 Å². The van der Waals surface area contributed by atoms with Crippen molar-refractivity contribution in [2.45, 2.75) is 19.4 Å². The molecule has 1 N–H and O–H groups in total. The second-order valence-corrected chi connectivity index (χ2v) is 6.46. The van der Waals surface area contributed by atoms with Crippen molar-refractivity contribution in [1.82, 2.24) is 24.3 Å². The van der Waals surface area contributed by atoms with Gasteiger partial charge in [0.25, 0.3) is 0 Å². The number of aliphatic hydroxyl groups is 1. The molecule has 0 saturated heterocycles. The number of fused-ring (bicyclic) bond motifs is 1. The van der Waals surface area contributed by atoms with Crippen LogP contribution in [0.25, 0.3) is 28.6 Å². The molecule has 3 heterocycles. The monoisotopic (exact) mass is 349 g/mol. The summed E-state index contributed by atoms with van der Waals surface area (Å²) in [5, 5.41) is 10.1. The van der Waals surface area contributed by atoms with E-state index in [2.05, 4.69) is 19.9 Å². The average molecular weight is 349 g/mol. The Labute approximate surface area is 149 Å². The lowest BCUT2D eigenvalue weighted by Gasteiger charge is -2.16. The minimum Gasteiger partial charge on any atom is -0.384 e. The largest absolute Gasteiger partial charge is 0.384 e. The Bertz CT molecular complexity index is 1080. The van der Waals surface area contributed by atoms with Gasteiger partial charge in [0.15, 0.2) is 5.82 Å². The van der Waals surface area contributed by atoms with Crippen LogP contribution in [0.4, 0.5) is 4.39 Å². The highest BCUT2D eigenvalue weighted by atomic mass is 19.1. The van der Waals surface area contributed by atoms with Crippen molar-refractivity contribution >= 4 is 5.78 Å². The molecule has 130 valence electrons. The van der Waals surface area contributed by atoms with Crippen LogP contribution < -0.4 is 0 Å². The Balaban J connectivity index is 1.78. The summed E-state index contributed by atoms with van der Waals surface area (Å²) in [4.78, 5) is 17.5. The molecule has 6 nitrogen and oxygen atoms in total. The normalized spacial score (nSPS) is 11.8. The Hall–Kier alpha value is -3.19. The number of halogens is 1. The molecule has 7 heteroatoms. The van der Waals surface area contributed by atoms with Gasteiger partial charge in [0.1, 0.15) is 11.4 Å². The first-order chi connectivity index (χ1) is 12.4. The Morgan fingerprint density at radius 1 is 1.00 bits per heavy atom. The fraction of sp³-hybridized carbons (Fsp3) is 0.158. The zero-order valence-corrected chi connectivity index (χ0v) is 14.3. The maximum absolute atomic E-state index is 13.1. The van der Waals surface area contributed by atoms with E-state index in [9.17, 15) is 9.50 Å². The standard InChI is InChI=1S/C19H16FN5O/c1-19(2,26)16-8-10-25-15(11-22-18(25)24-16)14-7-9-21-17(23-14)12-3-5-13(20)6-4-12/h3-11,26H,1-2H3. The average Bonchev–Trinajstić information content (AvgIpc) is 3.05. The molecule has 0 aliphatic heterocycles. The van der Waals surface area contributed by atoms with Crippen LogP contribution in [0.1, 0.15) is 19.5 Å². The van der Waals surface area contributed by atoms with Gasteiger partial charge in [-0.3, -0.25) is 4.40 Å². The summed E-state index contributed by atoms with van der Waals surface area (Å²) in [5.74, 6) is 0.667. The molecule has 0 bridgehead atoms. The van der Waals surface area contributed by atoms with Crippen LogP contribution in [0, 0.1) is 5.82 Å². The summed E-state index contributed by atoms with van der Waals surface area (Å²) in [7, 11) is 0. The van der Waals surface area contributed by atoms with Gasteiger partial charge in [0.2, 0.25) is 5.78 Å². The van der Waals surface area contributed by atoms with Gasteiger partial charge in [-0.25, -0.2) is 24.3 Å². The minimum atomic E-state index is -1.04. The first-order valence-corrected chi connectivity index (χ1v) is 8.08. The van der Waals surface area contributed by atoms with Crippen molar-refractivity contribution in [3.63, 3.8) is 0 Å². The zero-order chi connectivity index (χ0) is 18.3. The molecule has 1 aromatic carbocycles. The van der Waals surface area contributed by atoms with Crippen molar-refractivity contribution in [3.05, 3.63) is 66.5 Å². The van der Waals surface area contributed by atoms with E-state index < -0.39 is 5.60 Å². The molecule has 0 fully saturated rings. The van der Waals surface area contributed by atoms with E-state index in [1.54, 1.807) is 61.1 Å². The summed E-state index contributed by atoms with van der Waals surface area (Å²) in [6.07, 6.45) is 5.13. The summed E-state index contributed by atoms with van der Waals surface area (Å²) >= 11 is 0. The van der Waals surface area contributed by atoms with Gasteiger partial charge in [0, 0.05) is 18.0 Å². The zero-order valence-electron chi connectivity index (χ0n) is 14.3. The molecule has 0 spiro atoms. The van der Waals surface area contributed by atoms with Crippen molar-refractivity contribution < 1.29 is 9.50 Å². The maximum Gasteiger partial charge on any atom is 0.234 e. The lowest BCUT2D eigenvalue weighted by Crippen LogP contribution is -2.18.